The summed E-state index contributed by atoms with van der Waals surface area (Å²) >= 11 is 0. The van der Waals surface area contributed by atoms with Crippen molar-refractivity contribution in [2.24, 2.45) is 11.8 Å². The van der Waals surface area contributed by atoms with Crippen LogP contribution in [0.4, 0.5) is 0 Å². The quantitative estimate of drug-likeness (QED) is 0.786. The van der Waals surface area contributed by atoms with Crippen LogP contribution in [0.2, 0.25) is 0 Å². The first-order chi connectivity index (χ1) is 13.5. The predicted molar refractivity (Wildman–Crippen MR) is 102 cm³/mol. The molecule has 28 heavy (non-hydrogen) atoms. The fourth-order valence-corrected chi connectivity index (χ4v) is 6.17. The SMILES string of the molecule is COc1ccc2c3c1O[C@H]1[C@@H](C(C)=O)C=C[C@H]4[C@@H](C2)N(CCC(=O)O)CC[C@@]341. The molecule has 1 fully saturated rings. The van der Waals surface area contributed by atoms with Crippen LogP contribution in [0.15, 0.2) is 24.3 Å². The number of Topliss-reactive ketones (excluding diaryl/α,β-unsaturated/α-hetero) is 1. The zero-order valence-corrected chi connectivity index (χ0v) is 16.2. The van der Waals surface area contributed by atoms with Crippen LogP contribution in [0.1, 0.15) is 30.9 Å². The molecule has 0 unspecified atom stereocenters. The van der Waals surface area contributed by atoms with Crippen LogP contribution in [0.5, 0.6) is 11.5 Å². The maximum Gasteiger partial charge on any atom is 0.304 e. The predicted octanol–water partition coefficient (Wildman–Crippen LogP) is 2.19. The molecule has 4 aliphatic rings. The zero-order valence-electron chi connectivity index (χ0n) is 16.2. The molecule has 5 atom stereocenters. The van der Waals surface area contributed by atoms with Gasteiger partial charge >= 0.3 is 5.97 Å². The Morgan fingerprint density at radius 2 is 2.18 bits per heavy atom. The summed E-state index contributed by atoms with van der Waals surface area (Å²) in [6.45, 7) is 3.02. The molecule has 0 saturated carbocycles. The van der Waals surface area contributed by atoms with E-state index in [1.165, 1.54) is 11.1 Å². The second-order valence-corrected chi connectivity index (χ2v) is 8.46. The molecule has 6 heteroatoms. The zero-order chi connectivity index (χ0) is 19.6. The molecule has 5 rings (SSSR count). The van der Waals surface area contributed by atoms with E-state index in [0.717, 1.165) is 30.9 Å². The van der Waals surface area contributed by atoms with E-state index in [4.69, 9.17) is 14.6 Å². The Hall–Kier alpha value is -2.34. The number of benzene rings is 1. The molecule has 148 valence electrons. The van der Waals surface area contributed by atoms with E-state index in [1.54, 1.807) is 14.0 Å². The lowest BCUT2D eigenvalue weighted by Gasteiger charge is -2.57. The molecule has 1 aromatic rings. The van der Waals surface area contributed by atoms with Gasteiger partial charge in [-0.25, -0.2) is 0 Å². The van der Waals surface area contributed by atoms with E-state index in [0.29, 0.717) is 6.54 Å². The van der Waals surface area contributed by atoms with Gasteiger partial charge in [0.1, 0.15) is 11.9 Å². The molecule has 1 saturated heterocycles. The van der Waals surface area contributed by atoms with E-state index in [1.807, 2.05) is 12.1 Å². The van der Waals surface area contributed by atoms with E-state index in [9.17, 15) is 9.59 Å². The number of carbonyl (C=O) groups excluding carboxylic acids is 1. The number of piperidine rings is 1. The first kappa shape index (κ1) is 17.7. The minimum atomic E-state index is -0.763. The van der Waals surface area contributed by atoms with Gasteiger partial charge in [0.25, 0.3) is 0 Å². The molecular weight excluding hydrogens is 358 g/mol. The number of hydrogen-bond donors (Lipinski definition) is 1. The van der Waals surface area contributed by atoms with E-state index >= 15 is 0 Å². The number of likely N-dealkylation sites (tertiary alicyclic amines) is 1. The highest BCUT2D eigenvalue weighted by atomic mass is 16.5. The summed E-state index contributed by atoms with van der Waals surface area (Å²) < 4.78 is 12.1. The van der Waals surface area contributed by atoms with Gasteiger partial charge in [-0.05, 0) is 37.9 Å². The molecular formula is C22H25NO5. The number of rotatable bonds is 5. The fraction of sp³-hybridized carbons (Fsp3) is 0.545. The molecule has 0 aromatic heterocycles. The number of hydrogen-bond acceptors (Lipinski definition) is 5. The van der Waals surface area contributed by atoms with Gasteiger partial charge in [-0.15, -0.1) is 0 Å². The molecule has 2 aliphatic carbocycles. The van der Waals surface area contributed by atoms with E-state index in [2.05, 4.69) is 17.0 Å². The Morgan fingerprint density at radius 1 is 1.36 bits per heavy atom. The topological polar surface area (TPSA) is 76.1 Å². The van der Waals surface area contributed by atoms with Crippen molar-refractivity contribution in [1.29, 1.82) is 0 Å². The largest absolute Gasteiger partial charge is 0.493 e. The number of methoxy groups -OCH3 is 1. The van der Waals surface area contributed by atoms with Crippen LogP contribution in [0.3, 0.4) is 0 Å². The highest BCUT2D eigenvalue weighted by molar-refractivity contribution is 5.82. The number of ether oxygens (including phenoxy) is 2. The van der Waals surface area contributed by atoms with Crippen LogP contribution in [-0.2, 0) is 21.4 Å². The minimum Gasteiger partial charge on any atom is -0.493 e. The van der Waals surface area contributed by atoms with Gasteiger partial charge in [0, 0.05) is 29.5 Å². The first-order valence-electron chi connectivity index (χ1n) is 9.99. The molecule has 0 radical (unpaired) electrons. The summed E-state index contributed by atoms with van der Waals surface area (Å²) in [4.78, 5) is 25.9. The second kappa shape index (κ2) is 6.08. The van der Waals surface area contributed by atoms with Crippen molar-refractivity contribution >= 4 is 11.8 Å². The number of ketones is 1. The van der Waals surface area contributed by atoms with Crippen molar-refractivity contribution in [2.75, 3.05) is 20.2 Å². The summed E-state index contributed by atoms with van der Waals surface area (Å²) in [6, 6.07) is 4.31. The lowest BCUT2D eigenvalue weighted by molar-refractivity contribution is -0.138. The van der Waals surface area contributed by atoms with Gasteiger partial charge < -0.3 is 14.6 Å². The average Bonchev–Trinajstić information content (AvgIpc) is 3.01. The third kappa shape index (κ3) is 2.18. The Balaban J connectivity index is 1.66. The highest BCUT2D eigenvalue weighted by Gasteiger charge is 2.65. The summed E-state index contributed by atoms with van der Waals surface area (Å²) in [5.74, 6) is 0.860. The molecule has 1 spiro atoms. The van der Waals surface area contributed by atoms with Crippen molar-refractivity contribution in [3.63, 3.8) is 0 Å². The highest BCUT2D eigenvalue weighted by Crippen LogP contribution is 2.63. The number of carboxylic acids is 1. The summed E-state index contributed by atoms with van der Waals surface area (Å²) in [6.07, 6.45) is 5.89. The van der Waals surface area contributed by atoms with Crippen LogP contribution in [0, 0.1) is 11.8 Å². The Kier molecular flexibility index (Phi) is 3.85. The van der Waals surface area contributed by atoms with Crippen molar-refractivity contribution in [1.82, 2.24) is 4.90 Å². The average molecular weight is 383 g/mol. The fourth-order valence-electron chi connectivity index (χ4n) is 6.17. The molecule has 6 nitrogen and oxygen atoms in total. The van der Waals surface area contributed by atoms with Crippen LogP contribution in [0.25, 0.3) is 0 Å². The van der Waals surface area contributed by atoms with Gasteiger partial charge in [-0.3, -0.25) is 14.5 Å². The molecule has 1 aromatic carbocycles. The van der Waals surface area contributed by atoms with Crippen molar-refractivity contribution < 1.29 is 24.2 Å². The standard InChI is InChI=1S/C22H25NO5/c1-12(24)14-4-5-15-16-11-13-3-6-17(27-2)20-19(13)22(15,21(14)28-20)8-10-23(16)9-7-18(25)26/h3-6,14-16,21H,7-11H2,1-2H3,(H,25,26)/t14-,15+,16-,21+,22+/m1/s1. The number of carbonyl (C=O) groups is 2. The Labute approximate surface area is 164 Å². The molecule has 2 heterocycles. The van der Waals surface area contributed by atoms with Crippen LogP contribution in [-0.4, -0.2) is 54.1 Å². The third-order valence-electron chi connectivity index (χ3n) is 7.30. The summed E-state index contributed by atoms with van der Waals surface area (Å²) in [7, 11) is 1.65. The smallest absolute Gasteiger partial charge is 0.304 e. The second-order valence-electron chi connectivity index (χ2n) is 8.46. The van der Waals surface area contributed by atoms with Crippen molar-refractivity contribution in [2.45, 2.75) is 43.7 Å². The Bertz CT molecular complexity index is 893. The lowest BCUT2D eigenvalue weighted by Crippen LogP contribution is -2.65. The normalized spacial score (nSPS) is 34.5. The van der Waals surface area contributed by atoms with Gasteiger partial charge in [0.2, 0.25) is 0 Å². The van der Waals surface area contributed by atoms with Gasteiger partial charge in [0.05, 0.1) is 19.4 Å². The third-order valence-corrected chi connectivity index (χ3v) is 7.30. The minimum absolute atomic E-state index is 0.123. The monoisotopic (exact) mass is 383 g/mol. The maximum atomic E-state index is 12.4. The summed E-state index contributed by atoms with van der Waals surface area (Å²) in [5.41, 5.74) is 2.25. The van der Waals surface area contributed by atoms with Gasteiger partial charge in [-0.2, -0.15) is 0 Å². The first-order valence-corrected chi connectivity index (χ1v) is 9.99. The maximum absolute atomic E-state index is 12.4. The molecule has 2 aliphatic heterocycles. The molecule has 0 amide bonds. The van der Waals surface area contributed by atoms with E-state index in [-0.39, 0.29) is 41.6 Å². The van der Waals surface area contributed by atoms with E-state index < -0.39 is 5.97 Å². The number of aliphatic carboxylic acids is 1. The molecule has 1 N–H and O–H groups in total. The summed E-state index contributed by atoms with van der Waals surface area (Å²) in [5, 5.41) is 9.15. The van der Waals surface area contributed by atoms with Crippen LogP contribution >= 0.6 is 0 Å². The van der Waals surface area contributed by atoms with Crippen LogP contribution < -0.4 is 9.47 Å². The van der Waals surface area contributed by atoms with Crippen molar-refractivity contribution in [3.05, 3.63) is 35.4 Å². The lowest BCUT2D eigenvalue weighted by atomic mass is 9.52. The van der Waals surface area contributed by atoms with Gasteiger partial charge in [0.15, 0.2) is 11.5 Å². The van der Waals surface area contributed by atoms with Gasteiger partial charge in [-0.1, -0.05) is 18.2 Å². The number of nitrogens with zero attached hydrogens (tertiary/aromatic N) is 1. The Morgan fingerprint density at radius 3 is 2.89 bits per heavy atom. The van der Waals surface area contributed by atoms with Crippen molar-refractivity contribution in [3.8, 4) is 11.5 Å². The molecule has 2 bridgehead atoms. The number of carboxylic acid groups (broad SMARTS) is 1.